The highest BCUT2D eigenvalue weighted by molar-refractivity contribution is 6.03. The monoisotopic (exact) mass is 410 g/mol. The van der Waals surface area contributed by atoms with Crippen LogP contribution in [0.3, 0.4) is 0 Å². The number of halogens is 1. The van der Waals surface area contributed by atoms with Gasteiger partial charge >= 0.3 is 0 Å². The number of hydrazone groups is 1. The van der Waals surface area contributed by atoms with E-state index in [4.69, 9.17) is 5.73 Å². The van der Waals surface area contributed by atoms with Gasteiger partial charge in [0.2, 0.25) is 17.7 Å². The highest BCUT2D eigenvalue weighted by atomic mass is 19.1. The Morgan fingerprint density at radius 1 is 1.00 bits per heavy atom. The zero-order valence-corrected chi connectivity index (χ0v) is 16.5. The van der Waals surface area contributed by atoms with Crippen molar-refractivity contribution in [3.8, 4) is 0 Å². The zero-order chi connectivity index (χ0) is 21.5. The van der Waals surface area contributed by atoms with Crippen LogP contribution in [-0.2, 0) is 14.4 Å². The predicted molar refractivity (Wildman–Crippen MR) is 111 cm³/mol. The van der Waals surface area contributed by atoms with Gasteiger partial charge in [0.15, 0.2) is 0 Å². The topological polar surface area (TPSA) is 96.1 Å². The number of nitrogens with zero attached hydrogens (tertiary/aromatic N) is 3. The van der Waals surface area contributed by atoms with Crippen LogP contribution in [0, 0.1) is 5.82 Å². The number of rotatable bonds is 8. The summed E-state index contributed by atoms with van der Waals surface area (Å²) in [6.45, 7) is 0.536. The summed E-state index contributed by atoms with van der Waals surface area (Å²) in [6.07, 6.45) is 0.554. The molecule has 1 heterocycles. The SMILES string of the molecule is NC(=O)CCN(C(=O)CCC(=O)N1CCC(c2ccccc2)=N1)c1ccc(F)cc1. The molecule has 2 aromatic carbocycles. The summed E-state index contributed by atoms with van der Waals surface area (Å²) in [6, 6.07) is 15.0. The largest absolute Gasteiger partial charge is 0.370 e. The van der Waals surface area contributed by atoms with Gasteiger partial charge in [0.25, 0.3) is 0 Å². The van der Waals surface area contributed by atoms with Crippen LogP contribution >= 0.6 is 0 Å². The molecule has 2 aromatic rings. The standard InChI is InChI=1S/C22H23FN4O3/c23-17-6-8-18(9-7-17)26(14-13-20(24)28)21(29)10-11-22(30)27-15-12-19(25-27)16-4-2-1-3-5-16/h1-9H,10-15H2,(H2,24,28). The van der Waals surface area contributed by atoms with Crippen molar-refractivity contribution in [1.82, 2.24) is 5.01 Å². The summed E-state index contributed by atoms with van der Waals surface area (Å²) in [5.74, 6) is -1.57. The average molecular weight is 410 g/mol. The van der Waals surface area contributed by atoms with E-state index in [1.807, 2.05) is 30.3 Å². The second-order valence-electron chi connectivity index (χ2n) is 6.92. The maximum Gasteiger partial charge on any atom is 0.243 e. The van der Waals surface area contributed by atoms with Crippen LogP contribution in [0.15, 0.2) is 59.7 Å². The fraction of sp³-hybridized carbons (Fsp3) is 0.273. The van der Waals surface area contributed by atoms with Crippen molar-refractivity contribution in [2.75, 3.05) is 18.0 Å². The molecule has 0 unspecified atom stereocenters. The van der Waals surface area contributed by atoms with E-state index in [1.165, 1.54) is 34.2 Å². The zero-order valence-electron chi connectivity index (χ0n) is 16.5. The minimum Gasteiger partial charge on any atom is -0.370 e. The smallest absolute Gasteiger partial charge is 0.243 e. The van der Waals surface area contributed by atoms with Gasteiger partial charge in [0, 0.05) is 37.9 Å². The number of anilines is 1. The first-order valence-corrected chi connectivity index (χ1v) is 9.71. The summed E-state index contributed by atoms with van der Waals surface area (Å²) in [4.78, 5) is 37.7. The molecule has 1 aliphatic heterocycles. The number of amides is 3. The second-order valence-corrected chi connectivity index (χ2v) is 6.92. The molecule has 0 spiro atoms. The van der Waals surface area contributed by atoms with Crippen molar-refractivity contribution >= 4 is 29.1 Å². The lowest BCUT2D eigenvalue weighted by Crippen LogP contribution is -2.35. The molecular weight excluding hydrogens is 387 g/mol. The molecule has 156 valence electrons. The van der Waals surface area contributed by atoms with Crippen LogP contribution in [0.5, 0.6) is 0 Å². The van der Waals surface area contributed by atoms with E-state index in [0.717, 1.165) is 11.3 Å². The second kappa shape index (κ2) is 9.78. The molecule has 0 aliphatic carbocycles. The quantitative estimate of drug-likeness (QED) is 0.724. The number of primary amides is 1. The van der Waals surface area contributed by atoms with Crippen LogP contribution in [0.1, 0.15) is 31.2 Å². The average Bonchev–Trinajstić information content (AvgIpc) is 3.24. The Labute approximate surface area is 174 Å². The van der Waals surface area contributed by atoms with Gasteiger partial charge in [0.1, 0.15) is 5.82 Å². The van der Waals surface area contributed by atoms with Crippen molar-refractivity contribution in [2.45, 2.75) is 25.7 Å². The minimum atomic E-state index is -0.550. The Bertz CT molecular complexity index is 945. The summed E-state index contributed by atoms with van der Waals surface area (Å²) < 4.78 is 13.2. The van der Waals surface area contributed by atoms with E-state index < -0.39 is 11.7 Å². The van der Waals surface area contributed by atoms with Crippen LogP contribution in [0.2, 0.25) is 0 Å². The number of carbonyl (C=O) groups excluding carboxylic acids is 3. The number of carbonyl (C=O) groups is 3. The van der Waals surface area contributed by atoms with E-state index in [-0.39, 0.29) is 37.6 Å². The Morgan fingerprint density at radius 3 is 2.37 bits per heavy atom. The third-order valence-corrected chi connectivity index (χ3v) is 4.77. The first-order valence-electron chi connectivity index (χ1n) is 9.71. The molecule has 0 atom stereocenters. The normalized spacial score (nSPS) is 13.1. The maximum absolute atomic E-state index is 13.2. The Morgan fingerprint density at radius 2 is 1.70 bits per heavy atom. The molecule has 7 nitrogen and oxygen atoms in total. The Kier molecular flexibility index (Phi) is 6.90. The lowest BCUT2D eigenvalue weighted by molar-refractivity contribution is -0.132. The Hall–Kier alpha value is -3.55. The van der Waals surface area contributed by atoms with Gasteiger partial charge in [0.05, 0.1) is 12.3 Å². The molecule has 8 heteroatoms. The third-order valence-electron chi connectivity index (χ3n) is 4.77. The fourth-order valence-electron chi connectivity index (χ4n) is 3.19. The van der Waals surface area contributed by atoms with Crippen molar-refractivity contribution in [3.63, 3.8) is 0 Å². The maximum atomic E-state index is 13.2. The summed E-state index contributed by atoms with van der Waals surface area (Å²) in [5, 5.41) is 5.77. The molecule has 0 fully saturated rings. The molecule has 0 radical (unpaired) electrons. The van der Waals surface area contributed by atoms with Crippen LogP contribution in [0.4, 0.5) is 10.1 Å². The number of benzene rings is 2. The van der Waals surface area contributed by atoms with E-state index in [0.29, 0.717) is 18.7 Å². The van der Waals surface area contributed by atoms with Gasteiger partial charge < -0.3 is 10.6 Å². The molecule has 0 bridgehead atoms. The van der Waals surface area contributed by atoms with Gasteiger partial charge in [-0.1, -0.05) is 30.3 Å². The molecule has 0 aromatic heterocycles. The Balaban J connectivity index is 1.61. The van der Waals surface area contributed by atoms with Gasteiger partial charge in [-0.2, -0.15) is 5.10 Å². The van der Waals surface area contributed by atoms with E-state index in [2.05, 4.69) is 5.10 Å². The summed E-state index contributed by atoms with van der Waals surface area (Å²) in [7, 11) is 0. The van der Waals surface area contributed by atoms with Gasteiger partial charge in [-0.15, -0.1) is 0 Å². The van der Waals surface area contributed by atoms with E-state index >= 15 is 0 Å². The number of nitrogens with two attached hydrogens (primary N) is 1. The molecular formula is C22H23FN4O3. The first kappa shape index (κ1) is 21.2. The van der Waals surface area contributed by atoms with E-state index in [1.54, 1.807) is 0 Å². The van der Waals surface area contributed by atoms with Gasteiger partial charge in [-0.05, 0) is 29.8 Å². The minimum absolute atomic E-state index is 0.0152. The highest BCUT2D eigenvalue weighted by Crippen LogP contribution is 2.19. The number of hydrogen-bond acceptors (Lipinski definition) is 4. The molecule has 3 rings (SSSR count). The van der Waals surface area contributed by atoms with Crippen LogP contribution in [-0.4, -0.2) is 41.5 Å². The van der Waals surface area contributed by atoms with Gasteiger partial charge in [-0.25, -0.2) is 9.40 Å². The first-order chi connectivity index (χ1) is 14.4. The summed E-state index contributed by atoms with van der Waals surface area (Å²) in [5.41, 5.74) is 7.45. The summed E-state index contributed by atoms with van der Waals surface area (Å²) >= 11 is 0. The van der Waals surface area contributed by atoms with Crippen LogP contribution < -0.4 is 10.6 Å². The molecule has 3 amide bonds. The molecule has 1 aliphatic rings. The highest BCUT2D eigenvalue weighted by Gasteiger charge is 2.23. The van der Waals surface area contributed by atoms with Crippen molar-refractivity contribution in [1.29, 1.82) is 0 Å². The number of hydrogen-bond donors (Lipinski definition) is 1. The van der Waals surface area contributed by atoms with Crippen molar-refractivity contribution in [2.24, 2.45) is 10.8 Å². The van der Waals surface area contributed by atoms with Crippen LogP contribution in [0.25, 0.3) is 0 Å². The van der Waals surface area contributed by atoms with E-state index in [9.17, 15) is 18.8 Å². The van der Waals surface area contributed by atoms with Gasteiger partial charge in [-0.3, -0.25) is 14.4 Å². The lowest BCUT2D eigenvalue weighted by atomic mass is 10.1. The van der Waals surface area contributed by atoms with Crippen molar-refractivity contribution < 1.29 is 18.8 Å². The molecule has 30 heavy (non-hydrogen) atoms. The fourth-order valence-corrected chi connectivity index (χ4v) is 3.19. The third kappa shape index (κ3) is 5.50. The molecule has 0 saturated carbocycles. The van der Waals surface area contributed by atoms with Crippen molar-refractivity contribution in [3.05, 3.63) is 66.0 Å². The predicted octanol–water partition coefficient (Wildman–Crippen LogP) is 2.45. The lowest BCUT2D eigenvalue weighted by Gasteiger charge is -2.22. The molecule has 0 saturated heterocycles. The molecule has 2 N–H and O–H groups in total.